The van der Waals surface area contributed by atoms with Crippen molar-refractivity contribution in [3.05, 3.63) is 36.0 Å². The van der Waals surface area contributed by atoms with E-state index in [2.05, 4.69) is 14.7 Å². The van der Waals surface area contributed by atoms with Gasteiger partial charge in [-0.1, -0.05) is 11.8 Å². The summed E-state index contributed by atoms with van der Waals surface area (Å²) in [7, 11) is -3.68. The number of nitrogens with two attached hydrogens (primary N) is 1. The van der Waals surface area contributed by atoms with Gasteiger partial charge in [0.25, 0.3) is 10.0 Å². The van der Waals surface area contributed by atoms with Crippen LogP contribution in [0.2, 0.25) is 0 Å². The molecule has 3 N–H and O–H groups in total. The van der Waals surface area contributed by atoms with Gasteiger partial charge in [0, 0.05) is 17.4 Å². The van der Waals surface area contributed by atoms with Crippen LogP contribution >= 0.6 is 11.8 Å². The van der Waals surface area contributed by atoms with Crippen LogP contribution in [0.3, 0.4) is 0 Å². The molecule has 0 aliphatic carbocycles. The number of anilines is 2. The van der Waals surface area contributed by atoms with E-state index >= 15 is 0 Å². The van der Waals surface area contributed by atoms with Crippen molar-refractivity contribution in [1.82, 2.24) is 9.97 Å². The zero-order valence-corrected chi connectivity index (χ0v) is 12.6. The zero-order chi connectivity index (χ0) is 14.8. The van der Waals surface area contributed by atoms with Crippen molar-refractivity contribution in [2.75, 3.05) is 16.7 Å². The van der Waals surface area contributed by atoms with E-state index in [1.807, 2.05) is 6.26 Å². The highest BCUT2D eigenvalue weighted by Gasteiger charge is 2.15. The van der Waals surface area contributed by atoms with Crippen LogP contribution in [0, 0.1) is 6.92 Å². The topological polar surface area (TPSA) is 98.0 Å². The molecule has 2 rings (SSSR count). The van der Waals surface area contributed by atoms with Crippen LogP contribution in [0.25, 0.3) is 0 Å². The van der Waals surface area contributed by atoms with Crippen LogP contribution < -0.4 is 10.5 Å². The summed E-state index contributed by atoms with van der Waals surface area (Å²) in [6.45, 7) is 1.78. The highest BCUT2D eigenvalue weighted by Crippen LogP contribution is 2.18. The number of sulfonamides is 1. The number of nitrogens with one attached hydrogen (secondary N) is 1. The third kappa shape index (κ3) is 3.40. The SMILES string of the molecule is CSc1nc(C)cc(NS(=O)(=O)c2ccc(N)cc2)n1. The standard InChI is InChI=1S/C12H14N4O2S2/c1-8-7-11(15-12(14-8)19-2)16-20(17,18)10-5-3-9(13)4-6-10/h3-7H,13H2,1-2H3,(H,14,15,16). The number of aromatic nitrogens is 2. The molecule has 8 heteroatoms. The van der Waals surface area contributed by atoms with Crippen LogP contribution in [0.4, 0.5) is 11.5 Å². The van der Waals surface area contributed by atoms with Gasteiger partial charge in [0.2, 0.25) is 0 Å². The predicted molar refractivity (Wildman–Crippen MR) is 80.2 cm³/mol. The number of thioether (sulfide) groups is 1. The summed E-state index contributed by atoms with van der Waals surface area (Å²) in [4.78, 5) is 8.42. The van der Waals surface area contributed by atoms with Gasteiger partial charge in [-0.3, -0.25) is 4.72 Å². The molecule has 0 saturated heterocycles. The Morgan fingerprint density at radius 2 is 1.85 bits per heavy atom. The first-order chi connectivity index (χ1) is 9.40. The molecule has 106 valence electrons. The molecule has 1 heterocycles. The maximum Gasteiger partial charge on any atom is 0.263 e. The van der Waals surface area contributed by atoms with Gasteiger partial charge in [-0.2, -0.15) is 0 Å². The number of benzene rings is 1. The van der Waals surface area contributed by atoms with E-state index in [-0.39, 0.29) is 10.7 Å². The Hall–Kier alpha value is -1.80. The Kier molecular flexibility index (Phi) is 4.15. The quantitative estimate of drug-likeness (QED) is 0.508. The summed E-state index contributed by atoms with van der Waals surface area (Å²) in [6.07, 6.45) is 1.83. The van der Waals surface area contributed by atoms with Crippen molar-refractivity contribution in [2.45, 2.75) is 17.0 Å². The fourth-order valence-corrected chi connectivity index (χ4v) is 2.95. The summed E-state index contributed by atoms with van der Waals surface area (Å²) >= 11 is 1.35. The third-order valence-electron chi connectivity index (χ3n) is 2.45. The molecule has 0 spiro atoms. The Balaban J connectivity index is 2.33. The van der Waals surface area contributed by atoms with E-state index in [0.717, 1.165) is 0 Å². The third-order valence-corrected chi connectivity index (χ3v) is 4.36. The minimum atomic E-state index is -3.68. The van der Waals surface area contributed by atoms with Gasteiger partial charge in [0.1, 0.15) is 5.82 Å². The highest BCUT2D eigenvalue weighted by molar-refractivity contribution is 7.98. The Morgan fingerprint density at radius 3 is 2.45 bits per heavy atom. The smallest absolute Gasteiger partial charge is 0.263 e. The van der Waals surface area contributed by atoms with Crippen molar-refractivity contribution < 1.29 is 8.42 Å². The second-order valence-corrected chi connectivity index (χ2v) is 6.51. The number of nitrogens with zero attached hydrogens (tertiary/aromatic N) is 2. The average molecular weight is 310 g/mol. The lowest BCUT2D eigenvalue weighted by Gasteiger charge is -2.09. The second kappa shape index (κ2) is 5.68. The first kappa shape index (κ1) is 14.6. The van der Waals surface area contributed by atoms with E-state index in [0.29, 0.717) is 16.5 Å². The average Bonchev–Trinajstić information content (AvgIpc) is 2.37. The highest BCUT2D eigenvalue weighted by atomic mass is 32.2. The van der Waals surface area contributed by atoms with Crippen LogP contribution in [0.1, 0.15) is 5.69 Å². The summed E-state index contributed by atoms with van der Waals surface area (Å²) in [5.41, 5.74) is 6.74. The normalized spacial score (nSPS) is 11.3. The van der Waals surface area contributed by atoms with E-state index < -0.39 is 10.0 Å². The van der Waals surface area contributed by atoms with Gasteiger partial charge < -0.3 is 5.73 Å². The zero-order valence-electron chi connectivity index (χ0n) is 11.0. The maximum atomic E-state index is 12.2. The van der Waals surface area contributed by atoms with Gasteiger partial charge in [0.15, 0.2) is 5.16 Å². The summed E-state index contributed by atoms with van der Waals surface area (Å²) in [5, 5.41) is 0.514. The minimum Gasteiger partial charge on any atom is -0.399 e. The van der Waals surface area contributed by atoms with E-state index in [9.17, 15) is 8.42 Å². The lowest BCUT2D eigenvalue weighted by Crippen LogP contribution is -2.14. The van der Waals surface area contributed by atoms with Crippen molar-refractivity contribution in [2.24, 2.45) is 0 Å². The molecule has 0 saturated carbocycles. The number of rotatable bonds is 4. The number of aryl methyl sites for hydroxylation is 1. The van der Waals surface area contributed by atoms with Crippen LogP contribution in [0.5, 0.6) is 0 Å². The second-order valence-electron chi connectivity index (χ2n) is 4.06. The van der Waals surface area contributed by atoms with Crippen LogP contribution in [0.15, 0.2) is 40.4 Å². The summed E-state index contributed by atoms with van der Waals surface area (Å²) in [6, 6.07) is 7.54. The molecule has 0 aliphatic heterocycles. The number of nitrogen functional groups attached to an aromatic ring is 1. The Labute approximate surface area is 121 Å². The molecule has 1 aromatic carbocycles. The van der Waals surface area contributed by atoms with Crippen molar-refractivity contribution in [3.63, 3.8) is 0 Å². The monoisotopic (exact) mass is 310 g/mol. The van der Waals surface area contributed by atoms with Crippen LogP contribution in [-0.2, 0) is 10.0 Å². The molecule has 0 bridgehead atoms. The fraction of sp³-hybridized carbons (Fsp3) is 0.167. The van der Waals surface area contributed by atoms with E-state index in [4.69, 9.17) is 5.73 Å². The molecule has 0 aliphatic rings. The van der Waals surface area contributed by atoms with E-state index in [1.165, 1.54) is 36.0 Å². The largest absolute Gasteiger partial charge is 0.399 e. The molecule has 0 unspecified atom stereocenters. The molecular weight excluding hydrogens is 296 g/mol. The molecule has 6 nitrogen and oxygen atoms in total. The lowest BCUT2D eigenvalue weighted by atomic mass is 10.3. The molecule has 0 fully saturated rings. The summed E-state index contributed by atoms with van der Waals surface area (Å²) < 4.78 is 26.8. The molecular formula is C12H14N4O2S2. The molecule has 1 aromatic heterocycles. The first-order valence-electron chi connectivity index (χ1n) is 5.69. The van der Waals surface area contributed by atoms with Crippen LogP contribution in [-0.4, -0.2) is 24.6 Å². The molecule has 0 atom stereocenters. The predicted octanol–water partition coefficient (Wildman–Crippen LogP) is 1.89. The lowest BCUT2D eigenvalue weighted by molar-refractivity contribution is 0.601. The number of hydrogen-bond acceptors (Lipinski definition) is 6. The Morgan fingerprint density at radius 1 is 1.20 bits per heavy atom. The number of hydrogen-bond donors (Lipinski definition) is 2. The van der Waals surface area contributed by atoms with Gasteiger partial charge in [0.05, 0.1) is 4.90 Å². The minimum absolute atomic E-state index is 0.133. The molecule has 2 aromatic rings. The van der Waals surface area contributed by atoms with Crippen molar-refractivity contribution in [3.8, 4) is 0 Å². The van der Waals surface area contributed by atoms with Crippen molar-refractivity contribution >= 4 is 33.3 Å². The Bertz CT molecular complexity index is 715. The maximum absolute atomic E-state index is 12.2. The first-order valence-corrected chi connectivity index (χ1v) is 8.39. The fourth-order valence-electron chi connectivity index (χ4n) is 1.53. The van der Waals surface area contributed by atoms with Gasteiger partial charge in [-0.25, -0.2) is 18.4 Å². The molecule has 0 amide bonds. The van der Waals surface area contributed by atoms with Gasteiger partial charge >= 0.3 is 0 Å². The van der Waals surface area contributed by atoms with Gasteiger partial charge in [-0.15, -0.1) is 0 Å². The van der Waals surface area contributed by atoms with Crippen molar-refractivity contribution in [1.29, 1.82) is 0 Å². The van der Waals surface area contributed by atoms with Gasteiger partial charge in [-0.05, 0) is 37.4 Å². The molecule has 0 radical (unpaired) electrons. The molecule has 20 heavy (non-hydrogen) atoms. The van der Waals surface area contributed by atoms with E-state index in [1.54, 1.807) is 13.0 Å². The summed E-state index contributed by atoms with van der Waals surface area (Å²) in [5.74, 6) is 0.249.